The summed E-state index contributed by atoms with van der Waals surface area (Å²) in [7, 11) is 0. The SMILES string of the molecule is O=C(Nc1ccnc2ccc(F)cc12)c1cccc(F)c1. The van der Waals surface area contributed by atoms with E-state index in [9.17, 15) is 13.6 Å². The molecule has 0 bridgehead atoms. The molecule has 0 saturated heterocycles. The van der Waals surface area contributed by atoms with Crippen LogP contribution in [-0.4, -0.2) is 10.9 Å². The maximum absolute atomic E-state index is 13.3. The summed E-state index contributed by atoms with van der Waals surface area (Å²) < 4.78 is 26.5. The van der Waals surface area contributed by atoms with E-state index < -0.39 is 17.5 Å². The molecule has 3 rings (SSSR count). The minimum Gasteiger partial charge on any atom is -0.321 e. The van der Waals surface area contributed by atoms with E-state index in [0.717, 1.165) is 6.07 Å². The number of nitrogens with one attached hydrogen (secondary N) is 1. The topological polar surface area (TPSA) is 42.0 Å². The molecule has 0 aliphatic carbocycles. The van der Waals surface area contributed by atoms with Gasteiger partial charge in [-0.15, -0.1) is 0 Å². The van der Waals surface area contributed by atoms with Gasteiger partial charge in [-0.3, -0.25) is 9.78 Å². The molecule has 5 heteroatoms. The number of fused-ring (bicyclic) bond motifs is 1. The molecular weight excluding hydrogens is 274 g/mol. The molecule has 0 fully saturated rings. The van der Waals surface area contributed by atoms with Crippen LogP contribution in [0.1, 0.15) is 10.4 Å². The Hall–Kier alpha value is -2.82. The zero-order chi connectivity index (χ0) is 14.8. The van der Waals surface area contributed by atoms with Gasteiger partial charge in [-0.1, -0.05) is 6.07 Å². The third kappa shape index (κ3) is 2.72. The zero-order valence-corrected chi connectivity index (χ0v) is 10.8. The van der Waals surface area contributed by atoms with Gasteiger partial charge < -0.3 is 5.32 Å². The highest BCUT2D eigenvalue weighted by Crippen LogP contribution is 2.23. The first-order valence-electron chi connectivity index (χ1n) is 6.25. The lowest BCUT2D eigenvalue weighted by Gasteiger charge is -2.08. The van der Waals surface area contributed by atoms with Crippen LogP contribution in [-0.2, 0) is 0 Å². The molecule has 2 aromatic carbocycles. The molecule has 0 aliphatic heterocycles. The Kier molecular flexibility index (Phi) is 3.31. The second-order valence-corrected chi connectivity index (χ2v) is 4.48. The summed E-state index contributed by atoms with van der Waals surface area (Å²) in [6, 6.07) is 11.0. The summed E-state index contributed by atoms with van der Waals surface area (Å²) in [5, 5.41) is 3.13. The normalized spacial score (nSPS) is 10.6. The first kappa shape index (κ1) is 13.2. The lowest BCUT2D eigenvalue weighted by molar-refractivity contribution is 0.102. The molecule has 21 heavy (non-hydrogen) atoms. The maximum atomic E-state index is 13.3. The predicted molar refractivity (Wildman–Crippen MR) is 76.1 cm³/mol. The molecule has 1 aromatic heterocycles. The number of amides is 1. The molecule has 3 aromatic rings. The number of halogens is 2. The fourth-order valence-electron chi connectivity index (χ4n) is 2.05. The number of nitrogens with zero attached hydrogens (tertiary/aromatic N) is 1. The highest BCUT2D eigenvalue weighted by atomic mass is 19.1. The van der Waals surface area contributed by atoms with E-state index in [1.54, 1.807) is 6.07 Å². The van der Waals surface area contributed by atoms with Gasteiger partial charge in [-0.25, -0.2) is 8.78 Å². The molecule has 0 saturated carbocycles. The van der Waals surface area contributed by atoms with Crippen molar-refractivity contribution in [1.29, 1.82) is 0 Å². The van der Waals surface area contributed by atoms with Crippen molar-refractivity contribution in [3.8, 4) is 0 Å². The van der Waals surface area contributed by atoms with E-state index >= 15 is 0 Å². The molecular formula is C16H10F2N2O. The summed E-state index contributed by atoms with van der Waals surface area (Å²) >= 11 is 0. The molecule has 0 spiro atoms. The standard InChI is InChI=1S/C16H10F2N2O/c17-11-3-1-2-10(8-11)16(21)20-15-6-7-19-14-5-4-12(18)9-13(14)15/h1-9H,(H,19,20,21). The minimum absolute atomic E-state index is 0.191. The second-order valence-electron chi connectivity index (χ2n) is 4.48. The summed E-state index contributed by atoms with van der Waals surface area (Å²) in [4.78, 5) is 16.2. The van der Waals surface area contributed by atoms with Crippen LogP contribution >= 0.6 is 0 Å². The van der Waals surface area contributed by atoms with E-state index in [4.69, 9.17) is 0 Å². The first-order chi connectivity index (χ1) is 10.1. The van der Waals surface area contributed by atoms with Crippen LogP contribution in [0.2, 0.25) is 0 Å². The molecule has 0 atom stereocenters. The van der Waals surface area contributed by atoms with Crippen LogP contribution in [0.5, 0.6) is 0 Å². The second kappa shape index (κ2) is 5.28. The van der Waals surface area contributed by atoms with E-state index in [-0.39, 0.29) is 5.56 Å². The molecule has 0 unspecified atom stereocenters. The van der Waals surface area contributed by atoms with Crippen molar-refractivity contribution in [3.05, 3.63) is 71.9 Å². The Morgan fingerprint density at radius 1 is 1.00 bits per heavy atom. The van der Waals surface area contributed by atoms with Gasteiger partial charge in [0, 0.05) is 17.1 Å². The Labute approximate surface area is 119 Å². The number of aromatic nitrogens is 1. The number of pyridine rings is 1. The number of rotatable bonds is 2. The van der Waals surface area contributed by atoms with Gasteiger partial charge in [0.2, 0.25) is 0 Å². The quantitative estimate of drug-likeness (QED) is 0.778. The van der Waals surface area contributed by atoms with Crippen molar-refractivity contribution in [2.45, 2.75) is 0 Å². The lowest BCUT2D eigenvalue weighted by atomic mass is 10.1. The van der Waals surface area contributed by atoms with Crippen molar-refractivity contribution in [2.24, 2.45) is 0 Å². The van der Waals surface area contributed by atoms with E-state index in [1.807, 2.05) is 0 Å². The fraction of sp³-hybridized carbons (Fsp3) is 0. The van der Waals surface area contributed by atoms with Crippen molar-refractivity contribution in [2.75, 3.05) is 5.32 Å². The van der Waals surface area contributed by atoms with E-state index in [0.29, 0.717) is 16.6 Å². The molecule has 1 amide bonds. The van der Waals surface area contributed by atoms with Crippen LogP contribution in [0.25, 0.3) is 10.9 Å². The van der Waals surface area contributed by atoms with Crippen molar-refractivity contribution in [1.82, 2.24) is 4.98 Å². The van der Waals surface area contributed by atoms with E-state index in [2.05, 4.69) is 10.3 Å². The largest absolute Gasteiger partial charge is 0.321 e. The van der Waals surface area contributed by atoms with Gasteiger partial charge in [-0.2, -0.15) is 0 Å². The summed E-state index contributed by atoms with van der Waals surface area (Å²) in [5.41, 5.74) is 1.18. The van der Waals surface area contributed by atoms with Crippen molar-refractivity contribution >= 4 is 22.5 Å². The smallest absolute Gasteiger partial charge is 0.255 e. The summed E-state index contributed by atoms with van der Waals surface area (Å²) in [5.74, 6) is -1.38. The molecule has 0 radical (unpaired) electrons. The average molecular weight is 284 g/mol. The maximum Gasteiger partial charge on any atom is 0.255 e. The highest BCUT2D eigenvalue weighted by Gasteiger charge is 2.10. The fourth-order valence-corrected chi connectivity index (χ4v) is 2.05. The minimum atomic E-state index is -0.492. The number of hydrogen-bond acceptors (Lipinski definition) is 2. The van der Waals surface area contributed by atoms with Crippen LogP contribution in [0.15, 0.2) is 54.7 Å². The zero-order valence-electron chi connectivity index (χ0n) is 10.8. The van der Waals surface area contributed by atoms with Gasteiger partial charge in [0.1, 0.15) is 11.6 Å². The average Bonchev–Trinajstić information content (AvgIpc) is 2.48. The molecule has 3 nitrogen and oxygen atoms in total. The predicted octanol–water partition coefficient (Wildman–Crippen LogP) is 3.77. The van der Waals surface area contributed by atoms with Crippen molar-refractivity contribution in [3.63, 3.8) is 0 Å². The van der Waals surface area contributed by atoms with Gasteiger partial charge in [0.25, 0.3) is 5.91 Å². The Morgan fingerprint density at radius 3 is 2.62 bits per heavy atom. The lowest BCUT2D eigenvalue weighted by Crippen LogP contribution is -2.12. The number of anilines is 1. The first-order valence-corrected chi connectivity index (χ1v) is 6.25. The van der Waals surface area contributed by atoms with Gasteiger partial charge in [0.15, 0.2) is 0 Å². The van der Waals surface area contributed by atoms with E-state index in [1.165, 1.54) is 42.6 Å². The summed E-state index contributed by atoms with van der Waals surface area (Å²) in [6.07, 6.45) is 1.52. The molecule has 1 heterocycles. The van der Waals surface area contributed by atoms with Crippen molar-refractivity contribution < 1.29 is 13.6 Å². The van der Waals surface area contributed by atoms with Crippen LogP contribution in [0.4, 0.5) is 14.5 Å². The molecule has 1 N–H and O–H groups in total. The molecule has 0 aliphatic rings. The number of carbonyl (C=O) groups is 1. The Balaban J connectivity index is 1.98. The molecule has 104 valence electrons. The third-order valence-electron chi connectivity index (χ3n) is 3.04. The van der Waals surface area contributed by atoms with Gasteiger partial charge >= 0.3 is 0 Å². The highest BCUT2D eigenvalue weighted by molar-refractivity contribution is 6.08. The Morgan fingerprint density at radius 2 is 1.81 bits per heavy atom. The monoisotopic (exact) mass is 284 g/mol. The number of hydrogen-bond donors (Lipinski definition) is 1. The van der Waals surface area contributed by atoms with Crippen LogP contribution < -0.4 is 5.32 Å². The Bertz CT molecular complexity index is 833. The van der Waals surface area contributed by atoms with Crippen LogP contribution in [0.3, 0.4) is 0 Å². The number of benzene rings is 2. The van der Waals surface area contributed by atoms with Gasteiger partial charge in [-0.05, 0) is 42.5 Å². The van der Waals surface area contributed by atoms with Crippen LogP contribution in [0, 0.1) is 11.6 Å². The number of carbonyl (C=O) groups excluding carboxylic acids is 1. The summed E-state index contributed by atoms with van der Waals surface area (Å²) in [6.45, 7) is 0. The third-order valence-corrected chi connectivity index (χ3v) is 3.04. The van der Waals surface area contributed by atoms with Gasteiger partial charge in [0.05, 0.1) is 11.2 Å².